The smallest absolute Gasteiger partial charge is 0.305 e. The van der Waals surface area contributed by atoms with Crippen LogP contribution in [0, 0.1) is 0 Å². The summed E-state index contributed by atoms with van der Waals surface area (Å²) in [5.41, 5.74) is 1.80. The maximum atomic E-state index is 11.8. The van der Waals surface area contributed by atoms with E-state index >= 15 is 0 Å². The van der Waals surface area contributed by atoms with Crippen molar-refractivity contribution in [3.63, 3.8) is 0 Å². The predicted octanol–water partition coefficient (Wildman–Crippen LogP) is 3.82. The van der Waals surface area contributed by atoms with Gasteiger partial charge in [-0.15, -0.1) is 5.10 Å². The molecule has 2 N–H and O–H groups in total. The Bertz CT molecular complexity index is 1250. The normalized spacial score (nSPS) is 16.9. The number of carbonyl (C=O) groups excluding carboxylic acids is 1. The summed E-state index contributed by atoms with van der Waals surface area (Å²) in [6.45, 7) is 0.396. The minimum atomic E-state index is -1.04. The van der Waals surface area contributed by atoms with Crippen LogP contribution >= 0.6 is 11.8 Å². The molecule has 8 nitrogen and oxygen atoms in total. The molecule has 0 saturated carbocycles. The summed E-state index contributed by atoms with van der Waals surface area (Å²) in [6, 6.07) is 19.7. The van der Waals surface area contributed by atoms with Gasteiger partial charge in [0.1, 0.15) is 11.9 Å². The van der Waals surface area contributed by atoms with Crippen LogP contribution in [0.5, 0.6) is 11.5 Å². The number of fused-ring (bicyclic) bond motifs is 1. The van der Waals surface area contributed by atoms with E-state index in [1.54, 1.807) is 19.2 Å². The molecule has 1 heterocycles. The zero-order valence-corrected chi connectivity index (χ0v) is 18.5. The number of methoxy groups -OCH3 is 1. The minimum absolute atomic E-state index is 0.267. The van der Waals surface area contributed by atoms with Crippen molar-refractivity contribution in [3.8, 4) is 11.5 Å². The molecule has 9 heteroatoms. The Morgan fingerprint density at radius 1 is 1.15 bits per heavy atom. The Hall–Kier alpha value is -3.85. The number of amidine groups is 1. The topological polar surface area (TPSA) is 110 Å². The minimum Gasteiger partial charge on any atom is -0.493 e. The van der Waals surface area contributed by atoms with E-state index in [2.05, 4.69) is 33.7 Å². The highest BCUT2D eigenvalue weighted by Gasteiger charge is 2.32. The number of benzene rings is 3. The van der Waals surface area contributed by atoms with Crippen molar-refractivity contribution in [3.05, 3.63) is 71.8 Å². The van der Waals surface area contributed by atoms with E-state index in [0.29, 0.717) is 18.1 Å². The number of aliphatic carboxylic acids is 1. The fourth-order valence-corrected chi connectivity index (χ4v) is 4.27. The number of nitrogens with one attached hydrogen (secondary N) is 1. The fraction of sp³-hybridized carbons (Fsp3) is 0.167. The molecule has 1 atom stereocenters. The lowest BCUT2D eigenvalue weighted by Crippen LogP contribution is -2.26. The fourth-order valence-electron chi connectivity index (χ4n) is 3.35. The van der Waals surface area contributed by atoms with Crippen LogP contribution in [0.4, 0.5) is 0 Å². The van der Waals surface area contributed by atoms with E-state index in [9.17, 15) is 9.59 Å². The van der Waals surface area contributed by atoms with Gasteiger partial charge in [-0.25, -0.2) is 0 Å². The lowest BCUT2D eigenvalue weighted by Gasteiger charge is -2.12. The van der Waals surface area contributed by atoms with Gasteiger partial charge in [-0.2, -0.15) is 5.10 Å². The van der Waals surface area contributed by atoms with E-state index in [4.69, 9.17) is 14.6 Å². The Morgan fingerprint density at radius 2 is 1.97 bits per heavy atom. The van der Waals surface area contributed by atoms with Crippen LogP contribution in [0.15, 0.2) is 70.9 Å². The summed E-state index contributed by atoms with van der Waals surface area (Å²) in [6.07, 6.45) is 1.25. The van der Waals surface area contributed by atoms with E-state index in [1.165, 1.54) is 6.21 Å². The second-order valence-electron chi connectivity index (χ2n) is 7.18. The number of amides is 1. The Morgan fingerprint density at radius 3 is 2.79 bits per heavy atom. The number of rotatable bonds is 8. The standard InChI is InChI=1S/C24H21N3O5S/c1-31-20-11-15(13-25-27-24-26-23(30)21(33-24)12-22(28)29)9-10-19(20)32-14-17-7-4-6-16-5-2-3-8-18(16)17/h2-11,13,21H,12,14H2,1H3,(H,28,29)(H,26,27,30)/b25-13+. The van der Waals surface area contributed by atoms with Crippen molar-refractivity contribution >= 4 is 45.8 Å². The highest BCUT2D eigenvalue weighted by molar-refractivity contribution is 8.15. The summed E-state index contributed by atoms with van der Waals surface area (Å²) < 4.78 is 11.5. The van der Waals surface area contributed by atoms with E-state index in [0.717, 1.165) is 33.7 Å². The molecule has 33 heavy (non-hydrogen) atoms. The van der Waals surface area contributed by atoms with Crippen molar-refractivity contribution in [2.45, 2.75) is 18.3 Å². The van der Waals surface area contributed by atoms with Crippen LogP contribution in [0.25, 0.3) is 10.8 Å². The molecule has 1 saturated heterocycles. The highest BCUT2D eigenvalue weighted by atomic mass is 32.2. The number of ether oxygens (including phenoxy) is 2. The van der Waals surface area contributed by atoms with Crippen LogP contribution < -0.4 is 14.8 Å². The lowest BCUT2D eigenvalue weighted by molar-refractivity contribution is -0.138. The number of carboxylic acid groups (broad SMARTS) is 1. The summed E-state index contributed by atoms with van der Waals surface area (Å²) in [7, 11) is 1.56. The van der Waals surface area contributed by atoms with Gasteiger partial charge in [0.2, 0.25) is 5.91 Å². The molecule has 168 valence electrons. The first kappa shape index (κ1) is 22.3. The molecular weight excluding hydrogens is 442 g/mol. The largest absolute Gasteiger partial charge is 0.493 e. The van der Waals surface area contributed by atoms with Crippen LogP contribution in [0.3, 0.4) is 0 Å². The quantitative estimate of drug-likeness (QED) is 0.388. The third kappa shape index (κ3) is 5.50. The summed E-state index contributed by atoms with van der Waals surface area (Å²) in [5, 5.41) is 21.2. The molecule has 1 amide bonds. The predicted molar refractivity (Wildman–Crippen MR) is 128 cm³/mol. The van der Waals surface area contributed by atoms with Crippen LogP contribution in [0.1, 0.15) is 17.5 Å². The molecule has 0 spiro atoms. The van der Waals surface area contributed by atoms with Gasteiger partial charge in [0.25, 0.3) is 0 Å². The van der Waals surface area contributed by atoms with Crippen molar-refractivity contribution in [1.82, 2.24) is 5.32 Å². The van der Waals surface area contributed by atoms with Crippen molar-refractivity contribution in [1.29, 1.82) is 0 Å². The number of nitrogens with zero attached hydrogens (tertiary/aromatic N) is 2. The number of hydrogen-bond donors (Lipinski definition) is 2. The number of hydrogen-bond acceptors (Lipinski definition) is 7. The van der Waals surface area contributed by atoms with Crippen LogP contribution in [-0.4, -0.2) is 40.7 Å². The first-order valence-electron chi connectivity index (χ1n) is 10.1. The van der Waals surface area contributed by atoms with E-state index in [-0.39, 0.29) is 17.5 Å². The molecule has 0 aromatic heterocycles. The SMILES string of the molecule is COc1cc(/C=N/N=C2\NC(=O)C(CC(=O)O)S2)ccc1OCc1cccc2ccccc12. The van der Waals surface area contributed by atoms with Gasteiger partial charge in [-0.1, -0.05) is 54.2 Å². The lowest BCUT2D eigenvalue weighted by atomic mass is 10.1. The van der Waals surface area contributed by atoms with Gasteiger partial charge in [0.05, 0.1) is 19.7 Å². The van der Waals surface area contributed by atoms with E-state index in [1.807, 2.05) is 30.3 Å². The monoisotopic (exact) mass is 463 g/mol. The average molecular weight is 464 g/mol. The van der Waals surface area contributed by atoms with Crippen molar-refractivity contribution in [2.24, 2.45) is 10.2 Å². The van der Waals surface area contributed by atoms with Crippen molar-refractivity contribution < 1.29 is 24.2 Å². The molecule has 1 fully saturated rings. The Labute approximate surface area is 194 Å². The first-order valence-corrected chi connectivity index (χ1v) is 11.0. The molecule has 1 unspecified atom stereocenters. The van der Waals surface area contributed by atoms with Gasteiger partial charge in [-0.3, -0.25) is 9.59 Å². The second kappa shape index (κ2) is 10.2. The molecule has 4 rings (SSSR count). The summed E-state index contributed by atoms with van der Waals surface area (Å²) in [5.74, 6) is -0.270. The highest BCUT2D eigenvalue weighted by Crippen LogP contribution is 2.29. The van der Waals surface area contributed by atoms with Crippen LogP contribution in [-0.2, 0) is 16.2 Å². The average Bonchev–Trinajstić information content (AvgIpc) is 3.16. The Balaban J connectivity index is 1.42. The molecule has 3 aromatic carbocycles. The van der Waals surface area contributed by atoms with Gasteiger partial charge in [-0.05, 0) is 40.1 Å². The maximum Gasteiger partial charge on any atom is 0.305 e. The molecule has 1 aliphatic rings. The Kier molecular flexibility index (Phi) is 6.89. The molecule has 1 aliphatic heterocycles. The zero-order valence-electron chi connectivity index (χ0n) is 17.7. The number of carbonyl (C=O) groups is 2. The number of thioether (sulfide) groups is 1. The van der Waals surface area contributed by atoms with Gasteiger partial charge >= 0.3 is 5.97 Å². The molecule has 0 bridgehead atoms. The molecular formula is C24H21N3O5S. The molecule has 0 aliphatic carbocycles. The van der Waals surface area contributed by atoms with Crippen molar-refractivity contribution in [2.75, 3.05) is 7.11 Å². The third-order valence-corrected chi connectivity index (χ3v) is 6.01. The molecule has 0 radical (unpaired) electrons. The first-order chi connectivity index (χ1) is 16.0. The van der Waals surface area contributed by atoms with E-state index < -0.39 is 11.2 Å². The molecule has 3 aromatic rings. The van der Waals surface area contributed by atoms with Gasteiger partial charge in [0.15, 0.2) is 16.7 Å². The summed E-state index contributed by atoms with van der Waals surface area (Å²) in [4.78, 5) is 22.5. The number of carboxylic acids is 1. The second-order valence-corrected chi connectivity index (χ2v) is 8.37. The maximum absolute atomic E-state index is 11.8. The van der Waals surface area contributed by atoms with Gasteiger partial charge in [0, 0.05) is 0 Å². The third-order valence-electron chi connectivity index (χ3n) is 4.94. The van der Waals surface area contributed by atoms with Crippen LogP contribution in [0.2, 0.25) is 0 Å². The zero-order chi connectivity index (χ0) is 23.2. The van der Waals surface area contributed by atoms with Gasteiger partial charge < -0.3 is 19.9 Å². The summed E-state index contributed by atoms with van der Waals surface area (Å²) >= 11 is 1.05.